The maximum Gasteiger partial charge on any atom is 0.251 e. The number of benzene rings is 2. The van der Waals surface area contributed by atoms with E-state index in [2.05, 4.69) is 51.6 Å². The Bertz CT molecular complexity index is 1010. The maximum absolute atomic E-state index is 12.3. The molecule has 1 fully saturated rings. The van der Waals surface area contributed by atoms with Gasteiger partial charge in [-0.3, -0.25) is 9.69 Å². The zero-order valence-electron chi connectivity index (χ0n) is 17.2. The van der Waals surface area contributed by atoms with Gasteiger partial charge in [0.25, 0.3) is 5.91 Å². The van der Waals surface area contributed by atoms with E-state index >= 15 is 0 Å². The molecule has 0 spiro atoms. The first kappa shape index (κ1) is 21.8. The fourth-order valence-corrected chi connectivity index (χ4v) is 4.31. The molecule has 1 N–H and O–H groups in total. The van der Waals surface area contributed by atoms with Crippen molar-refractivity contribution in [1.82, 2.24) is 15.2 Å². The van der Waals surface area contributed by atoms with Gasteiger partial charge in [-0.1, -0.05) is 59.6 Å². The maximum atomic E-state index is 12.3. The van der Waals surface area contributed by atoms with Gasteiger partial charge in [0.15, 0.2) is 0 Å². The van der Waals surface area contributed by atoms with Crippen molar-refractivity contribution in [3.8, 4) is 0 Å². The minimum atomic E-state index is -0.151. The van der Waals surface area contributed by atoms with E-state index in [1.807, 2.05) is 12.1 Å². The van der Waals surface area contributed by atoms with Crippen LogP contribution in [0.5, 0.6) is 0 Å². The molecule has 0 bridgehead atoms. The van der Waals surface area contributed by atoms with Crippen molar-refractivity contribution in [1.29, 1.82) is 0 Å². The van der Waals surface area contributed by atoms with Crippen LogP contribution < -0.4 is 5.32 Å². The third-order valence-electron chi connectivity index (χ3n) is 5.80. The third kappa shape index (κ3) is 6.07. The zero-order chi connectivity index (χ0) is 21.6. The minimum absolute atomic E-state index is 0.151. The van der Waals surface area contributed by atoms with Crippen LogP contribution >= 0.6 is 23.2 Å². The highest BCUT2D eigenvalue weighted by molar-refractivity contribution is 6.30. The van der Waals surface area contributed by atoms with Crippen LogP contribution in [0, 0.1) is 0 Å². The van der Waals surface area contributed by atoms with Crippen LogP contribution in [0.25, 0.3) is 0 Å². The van der Waals surface area contributed by atoms with Crippen molar-refractivity contribution in [3.63, 3.8) is 0 Å². The Balaban J connectivity index is 1.26. The van der Waals surface area contributed by atoms with Crippen molar-refractivity contribution in [3.05, 3.63) is 99.3 Å². The first-order chi connectivity index (χ1) is 15.1. The van der Waals surface area contributed by atoms with Crippen molar-refractivity contribution in [2.75, 3.05) is 13.1 Å². The van der Waals surface area contributed by atoms with Crippen molar-refractivity contribution < 1.29 is 4.79 Å². The summed E-state index contributed by atoms with van der Waals surface area (Å²) in [6, 6.07) is 20.0. The van der Waals surface area contributed by atoms with E-state index < -0.39 is 0 Å². The lowest BCUT2D eigenvalue weighted by atomic mass is 9.89. The molecule has 2 heterocycles. The molecule has 0 unspecified atom stereocenters. The summed E-state index contributed by atoms with van der Waals surface area (Å²) < 4.78 is 0. The third-order valence-corrected chi connectivity index (χ3v) is 6.26. The lowest BCUT2D eigenvalue weighted by Crippen LogP contribution is -2.32. The van der Waals surface area contributed by atoms with E-state index in [1.165, 1.54) is 17.3 Å². The van der Waals surface area contributed by atoms with Gasteiger partial charge in [0.2, 0.25) is 0 Å². The fourth-order valence-electron chi connectivity index (χ4n) is 4.01. The number of hydrogen-bond donors (Lipinski definition) is 1. The lowest BCUT2D eigenvalue weighted by Gasteiger charge is -2.32. The molecule has 4 nitrogen and oxygen atoms in total. The van der Waals surface area contributed by atoms with Crippen molar-refractivity contribution in [2.24, 2.45) is 0 Å². The summed E-state index contributed by atoms with van der Waals surface area (Å²) >= 11 is 11.8. The highest BCUT2D eigenvalue weighted by atomic mass is 35.5. The molecular formula is C25H25Cl2N3O. The van der Waals surface area contributed by atoms with Gasteiger partial charge in [0, 0.05) is 29.9 Å². The average molecular weight is 454 g/mol. The Morgan fingerprint density at radius 2 is 1.65 bits per heavy atom. The number of carbonyl (C=O) groups excluding carboxylic acids is 1. The summed E-state index contributed by atoms with van der Waals surface area (Å²) in [6.45, 7) is 3.66. The molecule has 6 heteroatoms. The Kier molecular flexibility index (Phi) is 7.23. The van der Waals surface area contributed by atoms with E-state index in [4.69, 9.17) is 23.2 Å². The number of nitrogens with zero attached hydrogens (tertiary/aromatic N) is 2. The first-order valence-electron chi connectivity index (χ1n) is 10.5. The van der Waals surface area contributed by atoms with E-state index in [-0.39, 0.29) is 5.91 Å². The molecule has 160 valence electrons. The van der Waals surface area contributed by atoms with Gasteiger partial charge in [-0.15, -0.1) is 0 Å². The number of nitrogens with one attached hydrogen (secondary N) is 1. The fraction of sp³-hybridized carbons (Fsp3) is 0.280. The van der Waals surface area contributed by atoms with Crippen LogP contribution in [0.2, 0.25) is 10.2 Å². The van der Waals surface area contributed by atoms with Crippen LogP contribution in [0.3, 0.4) is 0 Å². The van der Waals surface area contributed by atoms with Gasteiger partial charge in [-0.05, 0) is 72.8 Å². The molecule has 31 heavy (non-hydrogen) atoms. The number of rotatable bonds is 6. The summed E-state index contributed by atoms with van der Waals surface area (Å²) in [6.07, 6.45) is 3.85. The molecule has 1 aliphatic heterocycles. The van der Waals surface area contributed by atoms with Crippen molar-refractivity contribution >= 4 is 29.1 Å². The Morgan fingerprint density at radius 1 is 0.968 bits per heavy atom. The number of halogens is 2. The summed E-state index contributed by atoms with van der Waals surface area (Å²) in [4.78, 5) is 18.7. The van der Waals surface area contributed by atoms with E-state index in [9.17, 15) is 4.79 Å². The van der Waals surface area contributed by atoms with Crippen LogP contribution in [0.15, 0.2) is 66.9 Å². The van der Waals surface area contributed by atoms with Gasteiger partial charge in [0.1, 0.15) is 5.15 Å². The topological polar surface area (TPSA) is 45.2 Å². The number of amides is 1. The Morgan fingerprint density at radius 3 is 2.32 bits per heavy atom. The SMILES string of the molecule is O=C(NCc1ccc(C2CCN(Cc3ccc(Cl)cc3)CC2)cc1)c1ccnc(Cl)c1. The van der Waals surface area contributed by atoms with Gasteiger partial charge >= 0.3 is 0 Å². The highest BCUT2D eigenvalue weighted by Gasteiger charge is 2.20. The molecule has 0 saturated carbocycles. The van der Waals surface area contributed by atoms with E-state index in [0.717, 1.165) is 43.1 Å². The molecule has 1 aromatic heterocycles. The van der Waals surface area contributed by atoms with Gasteiger partial charge < -0.3 is 5.32 Å². The van der Waals surface area contributed by atoms with Gasteiger partial charge in [-0.2, -0.15) is 0 Å². The molecule has 4 rings (SSSR count). The standard InChI is InChI=1S/C25H25Cl2N3O/c26-23-7-3-19(4-8-23)17-30-13-10-21(11-14-30)20-5-1-18(2-6-20)16-29-25(31)22-9-12-28-24(27)15-22/h1-9,12,15,21H,10-11,13-14,16-17H2,(H,29,31). The summed E-state index contributed by atoms with van der Waals surface area (Å²) in [5.41, 5.74) is 4.28. The van der Waals surface area contributed by atoms with Crippen molar-refractivity contribution in [2.45, 2.75) is 31.8 Å². The van der Waals surface area contributed by atoms with Crippen LogP contribution in [0.4, 0.5) is 0 Å². The Hall–Kier alpha value is -2.40. The quantitative estimate of drug-likeness (QED) is 0.486. The number of likely N-dealkylation sites (tertiary alicyclic amines) is 1. The smallest absolute Gasteiger partial charge is 0.251 e. The zero-order valence-corrected chi connectivity index (χ0v) is 18.7. The molecule has 1 aliphatic rings. The second kappa shape index (κ2) is 10.3. The molecule has 0 atom stereocenters. The number of hydrogen-bond acceptors (Lipinski definition) is 3. The largest absolute Gasteiger partial charge is 0.348 e. The van der Waals surface area contributed by atoms with Crippen LogP contribution in [0.1, 0.15) is 45.8 Å². The van der Waals surface area contributed by atoms with Crippen LogP contribution in [-0.4, -0.2) is 28.9 Å². The minimum Gasteiger partial charge on any atom is -0.348 e. The number of piperidine rings is 1. The summed E-state index contributed by atoms with van der Waals surface area (Å²) in [5.74, 6) is 0.436. The molecule has 2 aromatic carbocycles. The number of pyridine rings is 1. The van der Waals surface area contributed by atoms with Crippen LogP contribution in [-0.2, 0) is 13.1 Å². The van der Waals surface area contributed by atoms with Gasteiger partial charge in [-0.25, -0.2) is 4.98 Å². The van der Waals surface area contributed by atoms with E-state index in [1.54, 1.807) is 12.1 Å². The highest BCUT2D eigenvalue weighted by Crippen LogP contribution is 2.29. The molecule has 0 radical (unpaired) electrons. The van der Waals surface area contributed by atoms with E-state index in [0.29, 0.717) is 23.2 Å². The number of aromatic nitrogens is 1. The molecule has 1 saturated heterocycles. The van der Waals surface area contributed by atoms with Gasteiger partial charge in [0.05, 0.1) is 0 Å². The second-order valence-electron chi connectivity index (χ2n) is 7.97. The lowest BCUT2D eigenvalue weighted by molar-refractivity contribution is 0.0951. The molecule has 3 aromatic rings. The normalized spacial score (nSPS) is 15.0. The average Bonchev–Trinajstić information content (AvgIpc) is 2.80. The predicted molar refractivity (Wildman–Crippen MR) is 126 cm³/mol. The monoisotopic (exact) mass is 453 g/mol. The molecule has 0 aliphatic carbocycles. The summed E-state index contributed by atoms with van der Waals surface area (Å²) in [7, 11) is 0. The Labute approximate surface area is 193 Å². The number of carbonyl (C=O) groups is 1. The molecular weight excluding hydrogens is 429 g/mol. The second-order valence-corrected chi connectivity index (χ2v) is 8.79. The molecule has 1 amide bonds. The summed E-state index contributed by atoms with van der Waals surface area (Å²) in [5, 5.41) is 4.03. The predicted octanol–water partition coefficient (Wildman–Crippen LogP) is 5.70. The first-order valence-corrected chi connectivity index (χ1v) is 11.3.